The molecule has 0 saturated carbocycles. The summed E-state index contributed by atoms with van der Waals surface area (Å²) < 4.78 is 0. The molecule has 2 heteroatoms. The van der Waals surface area contributed by atoms with Crippen LogP contribution in [0.15, 0.2) is 0 Å². The Labute approximate surface area is 177 Å². The van der Waals surface area contributed by atoms with E-state index in [2.05, 4.69) is 56.4 Å². The maximum atomic E-state index is 3.42. The third kappa shape index (κ3) is 12.1. The molecule has 1 aliphatic rings. The van der Waals surface area contributed by atoms with Gasteiger partial charge < -0.3 is 9.80 Å². The maximum absolute atomic E-state index is 3.42. The lowest BCUT2D eigenvalue weighted by Crippen LogP contribution is -2.39. The van der Waals surface area contributed by atoms with E-state index in [-0.39, 0.29) is 0 Å². The van der Waals surface area contributed by atoms with E-state index >= 15 is 0 Å². The molecule has 2 nitrogen and oxygen atoms in total. The molecule has 1 atom stereocenters. The summed E-state index contributed by atoms with van der Waals surface area (Å²) in [7, 11) is 2.37. The summed E-state index contributed by atoms with van der Waals surface area (Å²) in [4.78, 5) is 5.29. The molecule has 0 N–H and O–H groups in total. The van der Waals surface area contributed by atoms with Crippen LogP contribution in [0.2, 0.25) is 0 Å². The standard InChI is InChI=1S/C26H50N2/c1-6-9-15-25(16-10-7-2)22-27(5)23-26-17-20-28(21-18-26)19-12-11-14-24(4)13-8-3/h24-26H,6-10,12-13,15-23H2,1-5H3. The third-order valence-corrected chi connectivity index (χ3v) is 6.40. The van der Waals surface area contributed by atoms with Gasteiger partial charge in [-0.1, -0.05) is 59.8 Å². The first kappa shape index (κ1) is 25.5. The van der Waals surface area contributed by atoms with Crippen molar-refractivity contribution in [2.45, 2.75) is 98.3 Å². The van der Waals surface area contributed by atoms with E-state index in [4.69, 9.17) is 0 Å². The van der Waals surface area contributed by atoms with Gasteiger partial charge in [-0.05, 0) is 64.1 Å². The highest BCUT2D eigenvalue weighted by Gasteiger charge is 2.21. The van der Waals surface area contributed by atoms with Gasteiger partial charge in [0.15, 0.2) is 0 Å². The highest BCUT2D eigenvalue weighted by molar-refractivity contribution is 5.02. The fourth-order valence-corrected chi connectivity index (χ4v) is 4.63. The van der Waals surface area contributed by atoms with Gasteiger partial charge in [0.25, 0.3) is 0 Å². The van der Waals surface area contributed by atoms with E-state index < -0.39 is 0 Å². The van der Waals surface area contributed by atoms with Crippen molar-refractivity contribution < 1.29 is 0 Å². The lowest BCUT2D eigenvalue weighted by atomic mass is 9.93. The topological polar surface area (TPSA) is 6.48 Å². The molecule has 1 aliphatic heterocycles. The molecule has 0 bridgehead atoms. The van der Waals surface area contributed by atoms with Gasteiger partial charge in [0.2, 0.25) is 0 Å². The molecule has 1 unspecified atom stereocenters. The third-order valence-electron chi connectivity index (χ3n) is 6.40. The van der Waals surface area contributed by atoms with Crippen LogP contribution in [0.3, 0.4) is 0 Å². The van der Waals surface area contributed by atoms with Gasteiger partial charge in [0.05, 0.1) is 0 Å². The van der Waals surface area contributed by atoms with E-state index in [1.165, 1.54) is 96.9 Å². The molecular weight excluding hydrogens is 340 g/mol. The Morgan fingerprint density at radius 2 is 1.61 bits per heavy atom. The zero-order valence-electron chi connectivity index (χ0n) is 19.9. The zero-order chi connectivity index (χ0) is 20.6. The van der Waals surface area contributed by atoms with Crippen molar-refractivity contribution >= 4 is 0 Å². The summed E-state index contributed by atoms with van der Waals surface area (Å²) in [6.45, 7) is 15.5. The molecule has 0 radical (unpaired) electrons. The summed E-state index contributed by atoms with van der Waals surface area (Å²) in [6.07, 6.45) is 14.6. The quantitative estimate of drug-likeness (QED) is 0.314. The molecule has 0 aromatic carbocycles. The molecule has 1 heterocycles. The predicted molar refractivity (Wildman–Crippen MR) is 126 cm³/mol. The second-order valence-electron chi connectivity index (χ2n) is 9.42. The van der Waals surface area contributed by atoms with Crippen LogP contribution in [0.5, 0.6) is 0 Å². The first-order valence-electron chi connectivity index (χ1n) is 12.5. The number of piperidine rings is 1. The van der Waals surface area contributed by atoms with Gasteiger partial charge in [0, 0.05) is 32.0 Å². The molecule has 0 spiro atoms. The number of rotatable bonds is 14. The maximum Gasteiger partial charge on any atom is 0.0217 e. The summed E-state index contributed by atoms with van der Waals surface area (Å²) in [5, 5.41) is 0. The average Bonchev–Trinajstić information content (AvgIpc) is 2.68. The van der Waals surface area contributed by atoms with Gasteiger partial charge >= 0.3 is 0 Å². The van der Waals surface area contributed by atoms with E-state index in [0.29, 0.717) is 5.92 Å². The van der Waals surface area contributed by atoms with E-state index in [0.717, 1.165) is 18.3 Å². The minimum absolute atomic E-state index is 0.574. The van der Waals surface area contributed by atoms with Crippen molar-refractivity contribution in [3.63, 3.8) is 0 Å². The Morgan fingerprint density at radius 3 is 2.18 bits per heavy atom. The monoisotopic (exact) mass is 390 g/mol. The highest BCUT2D eigenvalue weighted by atomic mass is 15.1. The Hall–Kier alpha value is -0.520. The first-order valence-corrected chi connectivity index (χ1v) is 12.5. The normalized spacial score (nSPS) is 17.1. The first-order chi connectivity index (χ1) is 13.6. The van der Waals surface area contributed by atoms with Crippen LogP contribution in [0.4, 0.5) is 0 Å². The SMILES string of the molecule is CCCCC(CCCC)CN(C)CC1CCN(CCC#CC(C)CCC)CC1. The van der Waals surface area contributed by atoms with Crippen LogP contribution < -0.4 is 0 Å². The number of unbranched alkanes of at least 4 members (excludes halogenated alkanes) is 2. The van der Waals surface area contributed by atoms with Crippen LogP contribution in [-0.4, -0.2) is 49.6 Å². The second-order valence-corrected chi connectivity index (χ2v) is 9.42. The van der Waals surface area contributed by atoms with Gasteiger partial charge in [0.1, 0.15) is 0 Å². The van der Waals surface area contributed by atoms with Crippen LogP contribution in [0.25, 0.3) is 0 Å². The molecule has 0 amide bonds. The predicted octanol–water partition coefficient (Wildman–Crippen LogP) is 6.46. The van der Waals surface area contributed by atoms with Crippen molar-refractivity contribution in [2.24, 2.45) is 17.8 Å². The highest BCUT2D eigenvalue weighted by Crippen LogP contribution is 2.21. The number of nitrogens with zero attached hydrogens (tertiary/aromatic N) is 2. The molecule has 1 fully saturated rings. The smallest absolute Gasteiger partial charge is 0.0217 e. The minimum Gasteiger partial charge on any atom is -0.306 e. The number of hydrogen-bond acceptors (Lipinski definition) is 2. The van der Waals surface area contributed by atoms with Crippen LogP contribution >= 0.6 is 0 Å². The molecule has 0 aliphatic carbocycles. The molecule has 1 rings (SSSR count). The Balaban J connectivity index is 2.23. The zero-order valence-corrected chi connectivity index (χ0v) is 19.9. The lowest BCUT2D eigenvalue weighted by molar-refractivity contribution is 0.146. The summed E-state index contributed by atoms with van der Waals surface area (Å²) in [5.41, 5.74) is 0. The molecule has 28 heavy (non-hydrogen) atoms. The minimum atomic E-state index is 0.574. The second kappa shape index (κ2) is 16.3. The van der Waals surface area contributed by atoms with E-state index in [1.54, 1.807) is 0 Å². The van der Waals surface area contributed by atoms with Crippen LogP contribution in [0.1, 0.15) is 98.3 Å². The molecule has 164 valence electrons. The van der Waals surface area contributed by atoms with Crippen molar-refractivity contribution in [2.75, 3.05) is 39.8 Å². The average molecular weight is 391 g/mol. The van der Waals surface area contributed by atoms with Crippen molar-refractivity contribution in [1.29, 1.82) is 0 Å². The fourth-order valence-electron chi connectivity index (χ4n) is 4.63. The molecule has 0 aromatic heterocycles. The van der Waals surface area contributed by atoms with E-state index in [9.17, 15) is 0 Å². The van der Waals surface area contributed by atoms with Crippen LogP contribution in [0, 0.1) is 29.6 Å². The van der Waals surface area contributed by atoms with E-state index in [1.807, 2.05) is 0 Å². The Morgan fingerprint density at radius 1 is 0.964 bits per heavy atom. The van der Waals surface area contributed by atoms with Crippen LogP contribution in [-0.2, 0) is 0 Å². The number of likely N-dealkylation sites (tertiary alicyclic amines) is 1. The largest absolute Gasteiger partial charge is 0.306 e. The molecular formula is C26H50N2. The summed E-state index contributed by atoms with van der Waals surface area (Å²) in [6, 6.07) is 0. The molecule has 1 saturated heterocycles. The Kier molecular flexibility index (Phi) is 14.9. The fraction of sp³-hybridized carbons (Fsp3) is 0.923. The van der Waals surface area contributed by atoms with Gasteiger partial charge in [-0.15, -0.1) is 11.8 Å². The summed E-state index contributed by atoms with van der Waals surface area (Å²) >= 11 is 0. The lowest BCUT2D eigenvalue weighted by Gasteiger charge is -2.34. The van der Waals surface area contributed by atoms with Gasteiger partial charge in [-0.25, -0.2) is 0 Å². The van der Waals surface area contributed by atoms with Crippen molar-refractivity contribution in [3.05, 3.63) is 0 Å². The van der Waals surface area contributed by atoms with Crippen molar-refractivity contribution in [3.8, 4) is 11.8 Å². The van der Waals surface area contributed by atoms with Crippen molar-refractivity contribution in [1.82, 2.24) is 9.80 Å². The Bertz CT molecular complexity index is 406. The number of hydrogen-bond donors (Lipinski definition) is 0. The van der Waals surface area contributed by atoms with Gasteiger partial charge in [-0.3, -0.25) is 0 Å². The summed E-state index contributed by atoms with van der Waals surface area (Å²) in [5.74, 6) is 9.22. The molecule has 0 aromatic rings. The van der Waals surface area contributed by atoms with Gasteiger partial charge in [-0.2, -0.15) is 0 Å².